The van der Waals surface area contributed by atoms with E-state index in [1.165, 1.54) is 0 Å². The number of nitrogens with one attached hydrogen (secondary N) is 2. The van der Waals surface area contributed by atoms with Crippen molar-refractivity contribution in [1.29, 1.82) is 0 Å². The molecule has 86 valence electrons. The number of hydrogen-bond donors (Lipinski definition) is 2. The van der Waals surface area contributed by atoms with E-state index in [4.69, 9.17) is 4.74 Å². The molecule has 0 aliphatic rings. The molecule has 0 unspecified atom stereocenters. The standard InChI is InChI=1S/C10H15N5O/c1-16-6-2-4-15-5-3-11-10(15)14-9-7-12-13-8-9/h3,5,7-8H,2,4,6H2,1H3,(H,11,14)(H,12,13). The number of hydrogen-bond acceptors (Lipinski definition) is 4. The molecule has 2 aromatic heterocycles. The largest absolute Gasteiger partial charge is 0.385 e. The minimum Gasteiger partial charge on any atom is -0.385 e. The number of anilines is 2. The Bertz CT molecular complexity index is 409. The van der Waals surface area contributed by atoms with Gasteiger partial charge >= 0.3 is 0 Å². The summed E-state index contributed by atoms with van der Waals surface area (Å²) in [5.74, 6) is 0.817. The summed E-state index contributed by atoms with van der Waals surface area (Å²) in [6.45, 7) is 1.64. The van der Waals surface area contributed by atoms with Crippen LogP contribution in [0.1, 0.15) is 6.42 Å². The molecule has 2 heterocycles. The van der Waals surface area contributed by atoms with Gasteiger partial charge in [0.25, 0.3) is 0 Å². The molecular formula is C10H15N5O. The van der Waals surface area contributed by atoms with Crippen LogP contribution in [0, 0.1) is 0 Å². The van der Waals surface area contributed by atoms with E-state index in [-0.39, 0.29) is 0 Å². The fraction of sp³-hybridized carbons (Fsp3) is 0.400. The van der Waals surface area contributed by atoms with E-state index in [2.05, 4.69) is 20.5 Å². The Hall–Kier alpha value is -1.82. The Morgan fingerprint density at radius 1 is 1.56 bits per heavy atom. The number of nitrogens with zero attached hydrogens (tertiary/aromatic N) is 3. The number of methoxy groups -OCH3 is 1. The van der Waals surface area contributed by atoms with Crippen molar-refractivity contribution < 1.29 is 4.74 Å². The van der Waals surface area contributed by atoms with Gasteiger partial charge in [-0.25, -0.2) is 4.98 Å². The summed E-state index contributed by atoms with van der Waals surface area (Å²) in [5, 5.41) is 9.78. The lowest BCUT2D eigenvalue weighted by Crippen LogP contribution is -2.04. The molecule has 0 fully saturated rings. The molecule has 6 heteroatoms. The van der Waals surface area contributed by atoms with Crippen LogP contribution in [-0.4, -0.2) is 33.5 Å². The van der Waals surface area contributed by atoms with Gasteiger partial charge in [-0.05, 0) is 6.42 Å². The minimum absolute atomic E-state index is 0.753. The van der Waals surface area contributed by atoms with Crippen LogP contribution >= 0.6 is 0 Å². The van der Waals surface area contributed by atoms with E-state index < -0.39 is 0 Å². The van der Waals surface area contributed by atoms with Crippen molar-refractivity contribution in [3.63, 3.8) is 0 Å². The first-order valence-corrected chi connectivity index (χ1v) is 5.16. The molecule has 0 saturated carbocycles. The maximum atomic E-state index is 5.02. The summed E-state index contributed by atoms with van der Waals surface area (Å²) in [6.07, 6.45) is 8.18. The minimum atomic E-state index is 0.753. The van der Waals surface area contributed by atoms with Gasteiger partial charge in [0.2, 0.25) is 5.95 Å². The summed E-state index contributed by atoms with van der Waals surface area (Å²) in [4.78, 5) is 4.24. The predicted molar refractivity (Wildman–Crippen MR) is 60.6 cm³/mol. The molecule has 0 saturated heterocycles. The van der Waals surface area contributed by atoms with E-state index in [1.807, 2.05) is 10.8 Å². The van der Waals surface area contributed by atoms with Gasteiger partial charge in [-0.2, -0.15) is 5.10 Å². The van der Waals surface area contributed by atoms with Crippen LogP contribution in [0.4, 0.5) is 11.6 Å². The summed E-state index contributed by atoms with van der Waals surface area (Å²) < 4.78 is 7.06. The third-order valence-electron chi connectivity index (χ3n) is 2.22. The van der Waals surface area contributed by atoms with Gasteiger partial charge in [0.05, 0.1) is 11.9 Å². The van der Waals surface area contributed by atoms with Gasteiger partial charge in [-0.15, -0.1) is 0 Å². The monoisotopic (exact) mass is 221 g/mol. The van der Waals surface area contributed by atoms with Gasteiger partial charge < -0.3 is 14.6 Å². The second kappa shape index (κ2) is 5.32. The highest BCUT2D eigenvalue weighted by atomic mass is 16.5. The molecule has 0 radical (unpaired) electrons. The molecule has 0 aromatic carbocycles. The first-order valence-electron chi connectivity index (χ1n) is 5.16. The molecule has 0 bridgehead atoms. The van der Waals surface area contributed by atoms with Crippen LogP contribution in [-0.2, 0) is 11.3 Å². The van der Waals surface area contributed by atoms with Crippen molar-refractivity contribution in [2.75, 3.05) is 19.0 Å². The molecule has 0 atom stereocenters. The average molecular weight is 221 g/mol. The SMILES string of the molecule is COCCCn1ccnc1Nc1cn[nH]c1. The van der Waals surface area contributed by atoms with E-state index in [9.17, 15) is 0 Å². The predicted octanol–water partition coefficient (Wildman–Crippen LogP) is 1.39. The number of aromatic amines is 1. The highest BCUT2D eigenvalue weighted by Crippen LogP contribution is 2.12. The number of imidazole rings is 1. The zero-order chi connectivity index (χ0) is 11.2. The third kappa shape index (κ3) is 2.60. The second-order valence-corrected chi connectivity index (χ2v) is 3.40. The van der Waals surface area contributed by atoms with Crippen LogP contribution < -0.4 is 5.32 Å². The number of aryl methyl sites for hydroxylation is 1. The fourth-order valence-corrected chi connectivity index (χ4v) is 1.44. The highest BCUT2D eigenvalue weighted by Gasteiger charge is 2.02. The van der Waals surface area contributed by atoms with Gasteiger partial charge in [0.1, 0.15) is 0 Å². The topological polar surface area (TPSA) is 67.8 Å². The summed E-state index contributed by atoms with van der Waals surface area (Å²) in [5.41, 5.74) is 0.902. The fourth-order valence-electron chi connectivity index (χ4n) is 1.44. The molecule has 0 spiro atoms. The van der Waals surface area contributed by atoms with Crippen molar-refractivity contribution in [3.8, 4) is 0 Å². The Balaban J connectivity index is 1.96. The smallest absolute Gasteiger partial charge is 0.207 e. The Morgan fingerprint density at radius 2 is 2.50 bits per heavy atom. The zero-order valence-corrected chi connectivity index (χ0v) is 9.18. The van der Waals surface area contributed by atoms with Crippen LogP contribution in [0.5, 0.6) is 0 Å². The second-order valence-electron chi connectivity index (χ2n) is 3.40. The molecule has 0 amide bonds. The number of H-pyrrole nitrogens is 1. The molecule has 2 rings (SSSR count). The van der Waals surface area contributed by atoms with Gasteiger partial charge in [-0.3, -0.25) is 5.10 Å². The van der Waals surface area contributed by atoms with Crippen LogP contribution in [0.15, 0.2) is 24.8 Å². The van der Waals surface area contributed by atoms with Crippen LogP contribution in [0.3, 0.4) is 0 Å². The third-order valence-corrected chi connectivity index (χ3v) is 2.22. The van der Waals surface area contributed by atoms with Gasteiger partial charge in [0.15, 0.2) is 0 Å². The summed E-state index contributed by atoms with van der Waals surface area (Å²) >= 11 is 0. The maximum absolute atomic E-state index is 5.02. The lowest BCUT2D eigenvalue weighted by atomic mass is 10.4. The van der Waals surface area contributed by atoms with Crippen molar-refractivity contribution >= 4 is 11.6 Å². The van der Waals surface area contributed by atoms with E-state index in [0.717, 1.165) is 31.2 Å². The lowest BCUT2D eigenvalue weighted by Gasteiger charge is -2.07. The average Bonchev–Trinajstić information content (AvgIpc) is 2.92. The Labute approximate surface area is 93.6 Å². The molecule has 6 nitrogen and oxygen atoms in total. The molecule has 2 N–H and O–H groups in total. The summed E-state index contributed by atoms with van der Waals surface area (Å²) in [6, 6.07) is 0. The van der Waals surface area contributed by atoms with E-state index >= 15 is 0 Å². The number of rotatable bonds is 6. The normalized spacial score (nSPS) is 10.6. The van der Waals surface area contributed by atoms with Gasteiger partial charge in [-0.1, -0.05) is 0 Å². The van der Waals surface area contributed by atoms with Crippen molar-refractivity contribution in [1.82, 2.24) is 19.7 Å². The summed E-state index contributed by atoms with van der Waals surface area (Å²) in [7, 11) is 1.71. The number of ether oxygens (including phenoxy) is 1. The maximum Gasteiger partial charge on any atom is 0.207 e. The molecule has 2 aromatic rings. The van der Waals surface area contributed by atoms with Crippen molar-refractivity contribution in [2.24, 2.45) is 0 Å². The molecular weight excluding hydrogens is 206 g/mol. The van der Waals surface area contributed by atoms with Crippen LogP contribution in [0.25, 0.3) is 0 Å². The van der Waals surface area contributed by atoms with E-state index in [0.29, 0.717) is 0 Å². The van der Waals surface area contributed by atoms with Crippen molar-refractivity contribution in [2.45, 2.75) is 13.0 Å². The Morgan fingerprint density at radius 3 is 3.25 bits per heavy atom. The molecule has 0 aliphatic heterocycles. The highest BCUT2D eigenvalue weighted by molar-refractivity contribution is 5.50. The molecule has 16 heavy (non-hydrogen) atoms. The molecule has 0 aliphatic carbocycles. The lowest BCUT2D eigenvalue weighted by molar-refractivity contribution is 0.190. The Kier molecular flexibility index (Phi) is 3.55. The quantitative estimate of drug-likeness (QED) is 0.723. The van der Waals surface area contributed by atoms with Crippen LogP contribution in [0.2, 0.25) is 0 Å². The zero-order valence-electron chi connectivity index (χ0n) is 9.18. The number of aromatic nitrogens is 4. The van der Waals surface area contributed by atoms with Crippen molar-refractivity contribution in [3.05, 3.63) is 24.8 Å². The van der Waals surface area contributed by atoms with Gasteiger partial charge in [0, 0.05) is 38.9 Å². The van der Waals surface area contributed by atoms with E-state index in [1.54, 1.807) is 25.7 Å². The first kappa shape index (κ1) is 10.7. The first-order chi connectivity index (χ1) is 7.90.